The van der Waals surface area contributed by atoms with Crippen molar-refractivity contribution in [2.75, 3.05) is 6.54 Å². The molecule has 35 heavy (non-hydrogen) atoms. The number of fused-ring (bicyclic) bond motifs is 1. The third-order valence-corrected chi connectivity index (χ3v) is 6.06. The molecule has 0 spiro atoms. The lowest BCUT2D eigenvalue weighted by Crippen LogP contribution is -2.46. The van der Waals surface area contributed by atoms with E-state index in [1.54, 1.807) is 48.5 Å². The molecule has 0 aliphatic carbocycles. The van der Waals surface area contributed by atoms with Crippen LogP contribution in [0.1, 0.15) is 15.9 Å². The van der Waals surface area contributed by atoms with Gasteiger partial charge >= 0.3 is 0 Å². The molecule has 4 rings (SSSR count). The van der Waals surface area contributed by atoms with Crippen LogP contribution in [-0.4, -0.2) is 31.8 Å². The van der Waals surface area contributed by atoms with Gasteiger partial charge in [-0.15, -0.1) is 0 Å². The van der Waals surface area contributed by atoms with Crippen LogP contribution in [0.25, 0.3) is 28.2 Å². The average Bonchev–Trinajstić information content (AvgIpc) is 2.90. The van der Waals surface area contributed by atoms with Crippen molar-refractivity contribution >= 4 is 38.8 Å². The zero-order valence-electron chi connectivity index (χ0n) is 18.5. The fourth-order valence-electron chi connectivity index (χ4n) is 3.30. The molecule has 0 aliphatic rings. The highest BCUT2D eigenvalue weighted by Gasteiger charge is 2.15. The molecule has 0 aliphatic heterocycles. The van der Waals surface area contributed by atoms with E-state index in [2.05, 4.69) is 20.6 Å². The highest BCUT2D eigenvalue weighted by molar-refractivity contribution is 7.92. The third kappa shape index (κ3) is 6.38. The van der Waals surface area contributed by atoms with Crippen molar-refractivity contribution in [3.8, 4) is 11.3 Å². The van der Waals surface area contributed by atoms with Gasteiger partial charge in [-0.25, -0.2) is 18.1 Å². The number of hydrogen-bond donors (Lipinski definition) is 3. The maximum absolute atomic E-state index is 12.9. The minimum absolute atomic E-state index is 0.320. The van der Waals surface area contributed by atoms with Crippen LogP contribution in [0.5, 0.6) is 0 Å². The quantitative estimate of drug-likeness (QED) is 0.347. The first-order valence-electron chi connectivity index (χ1n) is 10.7. The number of nitrogens with zero attached hydrogens (tertiary/aromatic N) is 1. The summed E-state index contributed by atoms with van der Waals surface area (Å²) in [5.41, 5.74) is 7.69. The first-order chi connectivity index (χ1) is 16.9. The van der Waals surface area contributed by atoms with Crippen LogP contribution in [0, 0.1) is 0 Å². The molecule has 0 radical (unpaired) electrons. The third-order valence-electron chi connectivity index (χ3n) is 5.02. The molecular weight excluding hydrogens is 464 g/mol. The Kier molecular flexibility index (Phi) is 7.30. The predicted molar refractivity (Wildman–Crippen MR) is 135 cm³/mol. The van der Waals surface area contributed by atoms with Gasteiger partial charge in [0.25, 0.3) is 11.8 Å². The second kappa shape index (κ2) is 10.7. The lowest BCUT2D eigenvalue weighted by Gasteiger charge is -2.11. The van der Waals surface area contributed by atoms with E-state index in [0.717, 1.165) is 11.0 Å². The molecule has 1 heterocycles. The fourth-order valence-corrected chi connectivity index (χ4v) is 4.07. The SMILES string of the molecule is O=C(CNS(=O)(=O)C=Cc1ccccc1)NNC(=O)c1cc(-c2ccccc2)nc2ccccc12. The van der Waals surface area contributed by atoms with E-state index in [4.69, 9.17) is 0 Å². The predicted octanol–water partition coefficient (Wildman–Crippen LogP) is 3.25. The smallest absolute Gasteiger partial charge is 0.270 e. The average molecular weight is 487 g/mol. The molecule has 9 heteroatoms. The summed E-state index contributed by atoms with van der Waals surface area (Å²) in [6.45, 7) is -0.548. The first-order valence-corrected chi connectivity index (χ1v) is 12.2. The Hall–Kier alpha value is -4.34. The summed E-state index contributed by atoms with van der Waals surface area (Å²) in [5.74, 6) is -1.28. The summed E-state index contributed by atoms with van der Waals surface area (Å²) < 4.78 is 26.4. The van der Waals surface area contributed by atoms with Crippen LogP contribution < -0.4 is 15.6 Å². The van der Waals surface area contributed by atoms with Crippen LogP contribution in [0.15, 0.2) is 96.4 Å². The molecule has 0 fully saturated rings. The lowest BCUT2D eigenvalue weighted by molar-refractivity contribution is -0.120. The van der Waals surface area contributed by atoms with Gasteiger partial charge in [-0.05, 0) is 23.8 Å². The van der Waals surface area contributed by atoms with E-state index in [0.29, 0.717) is 27.7 Å². The number of hydrogen-bond acceptors (Lipinski definition) is 5. The minimum Gasteiger partial charge on any atom is -0.272 e. The second-order valence-corrected chi connectivity index (χ2v) is 9.17. The standard InChI is InChI=1S/C26H22N4O4S/c31-25(18-27-35(33,34)16-15-19-9-3-1-4-10-19)29-30-26(32)22-17-24(20-11-5-2-6-12-20)28-23-14-8-7-13-21(22)23/h1-17,27H,18H2,(H,29,31)(H,30,32). The minimum atomic E-state index is -3.84. The number of carbonyl (C=O) groups is 2. The fraction of sp³-hybridized carbons (Fsp3) is 0.0385. The highest BCUT2D eigenvalue weighted by Crippen LogP contribution is 2.24. The maximum atomic E-state index is 12.9. The summed E-state index contributed by atoms with van der Waals surface area (Å²) in [4.78, 5) is 29.7. The summed E-state index contributed by atoms with van der Waals surface area (Å²) in [6, 6.07) is 27.1. The number of hydrazine groups is 1. The van der Waals surface area contributed by atoms with E-state index in [9.17, 15) is 18.0 Å². The normalized spacial score (nSPS) is 11.4. The number of amides is 2. The van der Waals surface area contributed by atoms with Crippen LogP contribution in [0.4, 0.5) is 0 Å². The molecule has 0 atom stereocenters. The molecule has 0 saturated carbocycles. The monoisotopic (exact) mass is 486 g/mol. The van der Waals surface area contributed by atoms with Crippen LogP contribution in [-0.2, 0) is 14.8 Å². The number of benzene rings is 3. The number of para-hydroxylation sites is 1. The van der Waals surface area contributed by atoms with E-state index in [1.165, 1.54) is 6.08 Å². The van der Waals surface area contributed by atoms with Gasteiger partial charge in [-0.2, -0.15) is 0 Å². The summed E-state index contributed by atoms with van der Waals surface area (Å²) in [6.07, 6.45) is 1.42. The molecule has 2 amide bonds. The largest absolute Gasteiger partial charge is 0.272 e. The van der Waals surface area contributed by atoms with E-state index in [1.807, 2.05) is 42.5 Å². The topological polar surface area (TPSA) is 117 Å². The van der Waals surface area contributed by atoms with Crippen molar-refractivity contribution < 1.29 is 18.0 Å². The molecule has 3 N–H and O–H groups in total. The number of nitrogens with one attached hydrogen (secondary N) is 3. The Morgan fingerprint density at radius 1 is 0.829 bits per heavy atom. The summed E-state index contributed by atoms with van der Waals surface area (Å²) in [7, 11) is -3.84. The van der Waals surface area contributed by atoms with E-state index < -0.39 is 28.4 Å². The van der Waals surface area contributed by atoms with Crippen molar-refractivity contribution in [1.82, 2.24) is 20.6 Å². The lowest BCUT2D eigenvalue weighted by atomic mass is 10.0. The Balaban J connectivity index is 1.41. The molecular formula is C26H22N4O4S. The van der Waals surface area contributed by atoms with Crippen molar-refractivity contribution in [2.24, 2.45) is 0 Å². The molecule has 0 unspecified atom stereocenters. The van der Waals surface area contributed by atoms with Crippen molar-refractivity contribution in [3.05, 3.63) is 108 Å². The zero-order chi connectivity index (χ0) is 24.7. The number of pyridine rings is 1. The molecule has 176 valence electrons. The van der Waals surface area contributed by atoms with Gasteiger partial charge in [0.2, 0.25) is 10.0 Å². The van der Waals surface area contributed by atoms with Gasteiger partial charge in [-0.3, -0.25) is 20.4 Å². The molecule has 8 nitrogen and oxygen atoms in total. The number of carbonyl (C=O) groups excluding carboxylic acids is 2. The summed E-state index contributed by atoms with van der Waals surface area (Å²) in [5, 5.41) is 1.59. The Labute approximate surface area is 202 Å². The van der Waals surface area contributed by atoms with Crippen LogP contribution in [0.3, 0.4) is 0 Å². The van der Waals surface area contributed by atoms with E-state index >= 15 is 0 Å². The summed E-state index contributed by atoms with van der Waals surface area (Å²) >= 11 is 0. The highest BCUT2D eigenvalue weighted by atomic mass is 32.2. The molecule has 1 aromatic heterocycles. The van der Waals surface area contributed by atoms with Crippen molar-refractivity contribution in [1.29, 1.82) is 0 Å². The Bertz CT molecular complexity index is 1490. The van der Waals surface area contributed by atoms with Crippen molar-refractivity contribution in [3.63, 3.8) is 0 Å². The van der Waals surface area contributed by atoms with Gasteiger partial charge in [0.1, 0.15) is 0 Å². The van der Waals surface area contributed by atoms with E-state index in [-0.39, 0.29) is 0 Å². The van der Waals surface area contributed by atoms with Crippen molar-refractivity contribution in [2.45, 2.75) is 0 Å². The van der Waals surface area contributed by atoms with Gasteiger partial charge < -0.3 is 0 Å². The molecule has 4 aromatic rings. The Morgan fingerprint density at radius 2 is 1.49 bits per heavy atom. The van der Waals surface area contributed by atoms with Gasteiger partial charge in [0.05, 0.1) is 23.3 Å². The molecule has 0 saturated heterocycles. The van der Waals surface area contributed by atoms with Gasteiger partial charge in [0, 0.05) is 16.4 Å². The number of sulfonamides is 1. The van der Waals surface area contributed by atoms with Crippen LogP contribution >= 0.6 is 0 Å². The number of rotatable bonds is 7. The molecule has 3 aromatic carbocycles. The second-order valence-electron chi connectivity index (χ2n) is 7.52. The molecule has 0 bridgehead atoms. The Morgan fingerprint density at radius 3 is 2.23 bits per heavy atom. The first kappa shape index (κ1) is 23.8. The number of aromatic nitrogens is 1. The van der Waals surface area contributed by atoms with Gasteiger partial charge in [-0.1, -0.05) is 78.9 Å². The van der Waals surface area contributed by atoms with Crippen LogP contribution in [0.2, 0.25) is 0 Å². The maximum Gasteiger partial charge on any atom is 0.270 e. The zero-order valence-corrected chi connectivity index (χ0v) is 19.3. The van der Waals surface area contributed by atoms with Gasteiger partial charge in [0.15, 0.2) is 0 Å².